The first-order valence-electron chi connectivity index (χ1n) is 13.8. The standard InChI is InChI=1S/C37H28N2/c1-25-16-19-35-31(22-25)33-24-27(18-21-37(33)39(35)29-12-6-3-7-13-29)26-17-20-36-32(23-26)30-14-8-9-15-34(30)38(36)28-10-4-2-5-11-28/h2-17,19-20,22-24H,18,21H2,1H3. The zero-order valence-electron chi connectivity index (χ0n) is 21.9. The number of fused-ring (bicyclic) bond motifs is 6. The Balaban J connectivity index is 1.33. The maximum Gasteiger partial charge on any atom is 0.0541 e. The molecule has 2 heteroatoms. The second-order valence-electron chi connectivity index (χ2n) is 10.6. The van der Waals surface area contributed by atoms with Crippen LogP contribution in [0.5, 0.6) is 0 Å². The summed E-state index contributed by atoms with van der Waals surface area (Å²) in [7, 11) is 0. The molecule has 0 spiro atoms. The van der Waals surface area contributed by atoms with Crippen LogP contribution in [0.1, 0.15) is 28.8 Å². The summed E-state index contributed by atoms with van der Waals surface area (Å²) in [4.78, 5) is 0. The molecule has 2 heterocycles. The third kappa shape index (κ3) is 3.42. The summed E-state index contributed by atoms with van der Waals surface area (Å²) in [5.41, 5.74) is 13.0. The summed E-state index contributed by atoms with van der Waals surface area (Å²) in [5, 5.41) is 3.95. The highest BCUT2D eigenvalue weighted by Crippen LogP contribution is 2.40. The Bertz CT molecular complexity index is 2050. The van der Waals surface area contributed by atoms with E-state index in [4.69, 9.17) is 0 Å². The summed E-state index contributed by atoms with van der Waals surface area (Å²) in [6.07, 6.45) is 4.50. The maximum absolute atomic E-state index is 2.47. The molecule has 0 N–H and O–H groups in total. The van der Waals surface area contributed by atoms with E-state index in [1.165, 1.54) is 72.0 Å². The van der Waals surface area contributed by atoms with Crippen molar-refractivity contribution < 1.29 is 0 Å². The van der Waals surface area contributed by atoms with E-state index in [2.05, 4.69) is 143 Å². The lowest BCUT2D eigenvalue weighted by Crippen LogP contribution is -2.05. The minimum absolute atomic E-state index is 1.02. The SMILES string of the molecule is Cc1ccc2c(c1)c1c(n2-c2ccccc2)CCC(c2ccc3c(c2)c2ccccc2n3-c2ccccc2)=C1. The quantitative estimate of drug-likeness (QED) is 0.229. The summed E-state index contributed by atoms with van der Waals surface area (Å²) in [5.74, 6) is 0. The van der Waals surface area contributed by atoms with Gasteiger partial charge in [-0.2, -0.15) is 0 Å². The van der Waals surface area contributed by atoms with Crippen molar-refractivity contribution in [1.29, 1.82) is 0 Å². The number of hydrogen-bond acceptors (Lipinski definition) is 0. The van der Waals surface area contributed by atoms with E-state index in [0.717, 1.165) is 12.8 Å². The highest BCUT2D eigenvalue weighted by Gasteiger charge is 2.22. The number of aromatic nitrogens is 2. The first kappa shape index (κ1) is 22.2. The molecule has 0 radical (unpaired) electrons. The molecule has 2 aromatic heterocycles. The zero-order valence-corrected chi connectivity index (χ0v) is 21.9. The molecule has 0 bridgehead atoms. The molecule has 2 nitrogen and oxygen atoms in total. The Hall–Kier alpha value is -4.82. The normalized spacial score (nSPS) is 13.2. The number of rotatable bonds is 3. The van der Waals surface area contributed by atoms with Gasteiger partial charge in [0.1, 0.15) is 0 Å². The first-order chi connectivity index (χ1) is 19.3. The van der Waals surface area contributed by atoms with Gasteiger partial charge in [-0.15, -0.1) is 0 Å². The fourth-order valence-electron chi connectivity index (χ4n) is 6.52. The number of benzene rings is 5. The summed E-state index contributed by atoms with van der Waals surface area (Å²) in [6, 6.07) is 44.2. The number of allylic oxidation sites excluding steroid dienone is 1. The van der Waals surface area contributed by atoms with Crippen LogP contribution >= 0.6 is 0 Å². The Morgan fingerprint density at radius 1 is 0.513 bits per heavy atom. The van der Waals surface area contributed by atoms with E-state index in [1.54, 1.807) is 0 Å². The molecule has 0 fully saturated rings. The fraction of sp³-hybridized carbons (Fsp3) is 0.0811. The van der Waals surface area contributed by atoms with Crippen LogP contribution in [0.2, 0.25) is 0 Å². The van der Waals surface area contributed by atoms with Crippen LogP contribution in [0.25, 0.3) is 55.7 Å². The lowest BCUT2D eigenvalue weighted by molar-refractivity contribution is 0.898. The second kappa shape index (κ2) is 8.61. The largest absolute Gasteiger partial charge is 0.313 e. The molecule has 0 saturated carbocycles. The van der Waals surface area contributed by atoms with E-state index in [-0.39, 0.29) is 0 Å². The summed E-state index contributed by atoms with van der Waals surface area (Å²) in [6.45, 7) is 2.19. The molecule has 0 aliphatic heterocycles. The molecule has 39 heavy (non-hydrogen) atoms. The smallest absolute Gasteiger partial charge is 0.0541 e. The molecule has 1 aliphatic rings. The average Bonchev–Trinajstić information content (AvgIpc) is 3.50. The monoisotopic (exact) mass is 500 g/mol. The molecule has 0 amide bonds. The average molecular weight is 501 g/mol. The fourth-order valence-corrected chi connectivity index (χ4v) is 6.52. The predicted molar refractivity (Wildman–Crippen MR) is 165 cm³/mol. The zero-order chi connectivity index (χ0) is 25.9. The van der Waals surface area contributed by atoms with Crippen LogP contribution in [0.15, 0.2) is 121 Å². The van der Waals surface area contributed by atoms with E-state index in [9.17, 15) is 0 Å². The molecule has 0 atom stereocenters. The van der Waals surface area contributed by atoms with Crippen molar-refractivity contribution in [3.8, 4) is 11.4 Å². The molecule has 186 valence electrons. The van der Waals surface area contributed by atoms with E-state index in [1.807, 2.05) is 0 Å². The highest BCUT2D eigenvalue weighted by atomic mass is 15.0. The van der Waals surface area contributed by atoms with Crippen LogP contribution in [0.3, 0.4) is 0 Å². The van der Waals surface area contributed by atoms with E-state index >= 15 is 0 Å². The third-order valence-electron chi connectivity index (χ3n) is 8.29. The van der Waals surface area contributed by atoms with Crippen LogP contribution in [-0.4, -0.2) is 9.13 Å². The van der Waals surface area contributed by atoms with Gasteiger partial charge in [-0.05, 0) is 91.6 Å². The Kier molecular flexibility index (Phi) is 4.90. The lowest BCUT2D eigenvalue weighted by atomic mass is 9.90. The number of nitrogens with zero attached hydrogens (tertiary/aromatic N) is 2. The Labute approximate surface area is 228 Å². The van der Waals surface area contributed by atoms with Crippen LogP contribution < -0.4 is 0 Å². The lowest BCUT2D eigenvalue weighted by Gasteiger charge is -2.18. The van der Waals surface area contributed by atoms with Crippen LogP contribution in [0.4, 0.5) is 0 Å². The topological polar surface area (TPSA) is 9.86 Å². The Morgan fingerprint density at radius 3 is 1.95 bits per heavy atom. The molecule has 0 unspecified atom stereocenters. The van der Waals surface area contributed by atoms with Gasteiger partial charge in [0.05, 0.1) is 16.6 Å². The molecule has 0 saturated heterocycles. The summed E-state index contributed by atoms with van der Waals surface area (Å²) < 4.78 is 4.85. The highest BCUT2D eigenvalue weighted by molar-refractivity contribution is 6.10. The molecule has 1 aliphatic carbocycles. The number of para-hydroxylation sites is 3. The van der Waals surface area contributed by atoms with Crippen molar-refractivity contribution in [2.75, 3.05) is 0 Å². The van der Waals surface area contributed by atoms with E-state index < -0.39 is 0 Å². The van der Waals surface area contributed by atoms with Crippen molar-refractivity contribution in [3.63, 3.8) is 0 Å². The van der Waals surface area contributed by atoms with Gasteiger partial charge in [-0.25, -0.2) is 0 Å². The van der Waals surface area contributed by atoms with Crippen molar-refractivity contribution in [2.24, 2.45) is 0 Å². The molecular weight excluding hydrogens is 472 g/mol. The minimum atomic E-state index is 1.02. The van der Waals surface area contributed by atoms with Crippen molar-refractivity contribution in [1.82, 2.24) is 9.13 Å². The van der Waals surface area contributed by atoms with E-state index in [0.29, 0.717) is 0 Å². The van der Waals surface area contributed by atoms with Crippen molar-refractivity contribution >= 4 is 44.4 Å². The Morgan fingerprint density at radius 2 is 1.15 bits per heavy atom. The summed E-state index contributed by atoms with van der Waals surface area (Å²) >= 11 is 0. The number of aryl methyl sites for hydroxylation is 1. The molecule has 8 rings (SSSR count). The molecule has 5 aromatic carbocycles. The van der Waals surface area contributed by atoms with Gasteiger partial charge < -0.3 is 9.13 Å². The predicted octanol–water partition coefficient (Wildman–Crippen LogP) is 9.52. The molecule has 7 aromatic rings. The van der Waals surface area contributed by atoms with Crippen molar-refractivity contribution in [2.45, 2.75) is 19.8 Å². The van der Waals surface area contributed by atoms with Gasteiger partial charge in [-0.1, -0.05) is 72.3 Å². The van der Waals surface area contributed by atoms with Gasteiger partial charge in [0.2, 0.25) is 0 Å². The maximum atomic E-state index is 2.47. The van der Waals surface area contributed by atoms with Crippen molar-refractivity contribution in [3.05, 3.63) is 144 Å². The third-order valence-corrected chi connectivity index (χ3v) is 8.29. The second-order valence-corrected chi connectivity index (χ2v) is 10.6. The van der Waals surface area contributed by atoms with Gasteiger partial charge in [0.15, 0.2) is 0 Å². The van der Waals surface area contributed by atoms with Crippen LogP contribution in [-0.2, 0) is 6.42 Å². The first-order valence-corrected chi connectivity index (χ1v) is 13.8. The van der Waals surface area contributed by atoms with Gasteiger partial charge in [0, 0.05) is 38.8 Å². The van der Waals surface area contributed by atoms with Gasteiger partial charge >= 0.3 is 0 Å². The van der Waals surface area contributed by atoms with Crippen LogP contribution in [0, 0.1) is 6.92 Å². The minimum Gasteiger partial charge on any atom is -0.313 e. The van der Waals surface area contributed by atoms with Gasteiger partial charge in [-0.3, -0.25) is 0 Å². The number of hydrogen-bond donors (Lipinski definition) is 0. The molecular formula is C37H28N2. The van der Waals surface area contributed by atoms with Gasteiger partial charge in [0.25, 0.3) is 0 Å².